The summed E-state index contributed by atoms with van der Waals surface area (Å²) in [6.45, 7) is 0. The second kappa shape index (κ2) is 4.88. The fourth-order valence-electron chi connectivity index (χ4n) is 2.96. The lowest BCUT2D eigenvalue weighted by Crippen LogP contribution is -2.50. The molecule has 1 fully saturated rings. The van der Waals surface area contributed by atoms with E-state index in [2.05, 4.69) is 15.9 Å². The molecule has 0 spiro atoms. The molecule has 1 heterocycles. The molecule has 1 aromatic carbocycles. The summed E-state index contributed by atoms with van der Waals surface area (Å²) < 4.78 is 37.8. The molecule has 0 radical (unpaired) electrons. The number of fused-ring (bicyclic) bond motifs is 1. The van der Waals surface area contributed by atoms with Crippen LogP contribution in [-0.4, -0.2) is 9.81 Å². The van der Waals surface area contributed by atoms with Gasteiger partial charge in [0.25, 0.3) is 0 Å². The van der Waals surface area contributed by atoms with Gasteiger partial charge >= 0.3 is 11.5 Å². The van der Waals surface area contributed by atoms with Crippen molar-refractivity contribution in [2.24, 2.45) is 5.92 Å². The topological polar surface area (TPSA) is 20.3 Å². The second-order valence-electron chi connectivity index (χ2n) is 5.52. The molecule has 21 heavy (non-hydrogen) atoms. The molecule has 2 nitrogen and oxygen atoms in total. The molecule has 0 aromatic heterocycles. The van der Waals surface area contributed by atoms with Crippen LogP contribution in [0.4, 0.5) is 23.7 Å². The first-order valence-electron chi connectivity index (χ1n) is 6.62. The van der Waals surface area contributed by atoms with Crippen LogP contribution in [0.1, 0.15) is 30.4 Å². The molecule has 1 saturated carbocycles. The van der Waals surface area contributed by atoms with Crippen LogP contribution >= 0.6 is 27.5 Å². The number of anilines is 1. The lowest BCUT2D eigenvalue weighted by atomic mass is 9.92. The summed E-state index contributed by atoms with van der Waals surface area (Å²) in [5.41, 5.74) is 0.282. The molecule has 0 saturated heterocycles. The van der Waals surface area contributed by atoms with E-state index in [4.69, 9.17) is 11.6 Å². The number of alkyl halides is 4. The van der Waals surface area contributed by atoms with Crippen LogP contribution in [0.25, 0.3) is 0 Å². The average Bonchev–Trinajstić information content (AvgIpc) is 3.20. The van der Waals surface area contributed by atoms with Crippen molar-refractivity contribution in [3.05, 3.63) is 29.3 Å². The van der Waals surface area contributed by atoms with E-state index >= 15 is 0 Å². The monoisotopic (exact) mass is 381 g/mol. The van der Waals surface area contributed by atoms with E-state index in [0.29, 0.717) is 30.0 Å². The first kappa shape index (κ1) is 15.2. The van der Waals surface area contributed by atoms with Gasteiger partial charge in [0, 0.05) is 5.69 Å². The van der Waals surface area contributed by atoms with Gasteiger partial charge in [0.2, 0.25) is 0 Å². The zero-order chi connectivity index (χ0) is 15.4. The van der Waals surface area contributed by atoms with E-state index in [1.165, 1.54) is 11.0 Å². The summed E-state index contributed by atoms with van der Waals surface area (Å²) in [5.74, 6) is 0.302. The Hall–Kier alpha value is -0.750. The highest BCUT2D eigenvalue weighted by Gasteiger charge is 2.52. The van der Waals surface area contributed by atoms with Crippen LogP contribution in [0.3, 0.4) is 0 Å². The minimum absolute atomic E-state index is 0.302. The van der Waals surface area contributed by atoms with Crippen molar-refractivity contribution in [3.8, 4) is 0 Å². The number of halogens is 5. The Morgan fingerprint density at radius 3 is 2.57 bits per heavy atom. The number of benzene rings is 1. The predicted molar refractivity (Wildman–Crippen MR) is 77.9 cm³/mol. The van der Waals surface area contributed by atoms with E-state index in [1.54, 1.807) is 0 Å². The zero-order valence-corrected chi connectivity index (χ0v) is 13.2. The molecule has 1 aliphatic heterocycles. The van der Waals surface area contributed by atoms with Crippen LogP contribution in [0.5, 0.6) is 0 Å². The highest BCUT2D eigenvalue weighted by Crippen LogP contribution is 2.54. The average molecular weight is 383 g/mol. The van der Waals surface area contributed by atoms with Gasteiger partial charge in [-0.1, -0.05) is 15.9 Å². The van der Waals surface area contributed by atoms with E-state index < -0.39 is 21.6 Å². The number of aryl methyl sites for hydroxylation is 1. The number of hydrogen-bond donors (Lipinski definition) is 0. The third-order valence-corrected chi connectivity index (χ3v) is 5.71. The fourth-order valence-corrected chi connectivity index (χ4v) is 4.31. The molecule has 3 rings (SSSR count). The number of hydrogen-bond acceptors (Lipinski definition) is 1. The summed E-state index contributed by atoms with van der Waals surface area (Å²) >= 11 is 9.32. The third-order valence-electron chi connectivity index (χ3n) is 4.14. The van der Waals surface area contributed by atoms with Gasteiger partial charge in [-0.15, -0.1) is 0 Å². The Bertz CT molecular complexity index is 602. The molecule has 114 valence electrons. The maximum atomic E-state index is 12.8. The molecule has 1 aromatic rings. The Labute approximate surface area is 133 Å². The first-order chi connectivity index (χ1) is 9.73. The number of carbonyl (C=O) groups excluding carboxylic acids is 1. The fraction of sp³-hybridized carbons (Fsp3) is 0.500. The van der Waals surface area contributed by atoms with Gasteiger partial charge in [0.15, 0.2) is 0 Å². The SMILES string of the molecule is O=C(Cl)N1c2ccc(C(F)(F)F)cc2CCC1(Br)C1CC1. The molecule has 1 aliphatic carbocycles. The normalized spacial score (nSPS) is 25.7. The van der Waals surface area contributed by atoms with Gasteiger partial charge in [-0.05, 0) is 67.0 Å². The van der Waals surface area contributed by atoms with Crippen molar-refractivity contribution in [3.63, 3.8) is 0 Å². The Morgan fingerprint density at radius 1 is 1.38 bits per heavy atom. The highest BCUT2D eigenvalue weighted by atomic mass is 79.9. The lowest BCUT2D eigenvalue weighted by molar-refractivity contribution is -0.137. The van der Waals surface area contributed by atoms with E-state index in [1.807, 2.05) is 0 Å². The first-order valence-corrected chi connectivity index (χ1v) is 7.79. The molecule has 1 atom stereocenters. The molecule has 1 unspecified atom stereocenters. The number of nitrogens with zero attached hydrogens (tertiary/aromatic N) is 1. The van der Waals surface area contributed by atoms with Crippen molar-refractivity contribution in [2.45, 2.75) is 36.3 Å². The quantitative estimate of drug-likeness (QED) is 0.366. The van der Waals surface area contributed by atoms with Crippen LogP contribution in [-0.2, 0) is 12.6 Å². The summed E-state index contributed by atoms with van der Waals surface area (Å²) in [4.78, 5) is 13.2. The van der Waals surface area contributed by atoms with Gasteiger partial charge in [-0.2, -0.15) is 13.2 Å². The summed E-state index contributed by atoms with van der Waals surface area (Å²) in [5, 5.41) is -0.667. The molecule has 2 aliphatic rings. The van der Waals surface area contributed by atoms with Gasteiger partial charge < -0.3 is 0 Å². The van der Waals surface area contributed by atoms with Crippen LogP contribution in [0, 0.1) is 5.92 Å². The Morgan fingerprint density at radius 2 is 2.05 bits per heavy atom. The van der Waals surface area contributed by atoms with Crippen LogP contribution in [0.2, 0.25) is 0 Å². The predicted octanol–water partition coefficient (Wildman–Crippen LogP) is 5.32. The second-order valence-corrected chi connectivity index (χ2v) is 7.22. The lowest BCUT2D eigenvalue weighted by Gasteiger charge is -2.43. The Kier molecular flexibility index (Phi) is 3.52. The Balaban J connectivity index is 2.06. The molecule has 7 heteroatoms. The minimum atomic E-state index is -4.38. The molecular formula is C14H12BrClF3NO. The van der Waals surface area contributed by atoms with Crippen molar-refractivity contribution in [1.29, 1.82) is 0 Å². The summed E-state index contributed by atoms with van der Waals surface area (Å²) in [7, 11) is 0. The number of carbonyl (C=O) groups is 1. The van der Waals surface area contributed by atoms with E-state index in [0.717, 1.165) is 25.0 Å². The smallest absolute Gasteiger partial charge is 0.283 e. The number of amides is 1. The highest BCUT2D eigenvalue weighted by molar-refractivity contribution is 9.10. The van der Waals surface area contributed by atoms with Gasteiger partial charge in [0.05, 0.1) is 5.56 Å². The molecule has 1 amide bonds. The summed E-state index contributed by atoms with van der Waals surface area (Å²) in [6, 6.07) is 3.45. The molecule has 0 bridgehead atoms. The van der Waals surface area contributed by atoms with Crippen molar-refractivity contribution < 1.29 is 18.0 Å². The van der Waals surface area contributed by atoms with Crippen molar-refractivity contribution in [1.82, 2.24) is 0 Å². The zero-order valence-electron chi connectivity index (χ0n) is 10.9. The van der Waals surface area contributed by atoms with Gasteiger partial charge in [-0.25, -0.2) is 0 Å². The van der Waals surface area contributed by atoms with Gasteiger partial charge in [0.1, 0.15) is 4.45 Å². The van der Waals surface area contributed by atoms with Crippen molar-refractivity contribution in [2.75, 3.05) is 4.90 Å². The third kappa shape index (κ3) is 2.57. The minimum Gasteiger partial charge on any atom is -0.283 e. The maximum Gasteiger partial charge on any atom is 0.416 e. The number of rotatable bonds is 1. The van der Waals surface area contributed by atoms with E-state index in [-0.39, 0.29) is 0 Å². The van der Waals surface area contributed by atoms with Crippen LogP contribution in [0.15, 0.2) is 18.2 Å². The van der Waals surface area contributed by atoms with Crippen molar-refractivity contribution >= 4 is 38.6 Å². The van der Waals surface area contributed by atoms with Gasteiger partial charge in [-0.3, -0.25) is 9.69 Å². The molecule has 0 N–H and O–H groups in total. The maximum absolute atomic E-state index is 12.8. The summed E-state index contributed by atoms with van der Waals surface area (Å²) in [6.07, 6.45) is -1.36. The largest absolute Gasteiger partial charge is 0.416 e. The van der Waals surface area contributed by atoms with Crippen LogP contribution < -0.4 is 4.90 Å². The van der Waals surface area contributed by atoms with E-state index in [9.17, 15) is 18.0 Å². The molecular weight excluding hydrogens is 371 g/mol. The standard InChI is InChI=1S/C14H12BrClF3NO/c15-13(9-1-2-9)6-5-8-7-10(14(17,18)19)3-4-11(8)20(13)12(16)21/h3-4,7,9H,1-2,5-6H2.